The molecule has 26 heavy (non-hydrogen) atoms. The van der Waals surface area contributed by atoms with Crippen LogP contribution in [-0.4, -0.2) is 66.0 Å². The molecular weight excluding hydrogens is 360 g/mol. The maximum absolute atomic E-state index is 13.2. The molecular formula is C18H21F2N3O2S. The molecule has 0 N–H and O–H groups in total. The summed E-state index contributed by atoms with van der Waals surface area (Å²) in [6, 6.07) is 3.34. The van der Waals surface area contributed by atoms with E-state index in [1.807, 2.05) is 16.7 Å². The van der Waals surface area contributed by atoms with E-state index < -0.39 is 5.92 Å². The van der Waals surface area contributed by atoms with Crippen LogP contribution in [0, 0.1) is 11.3 Å². The monoisotopic (exact) mass is 381 g/mol. The molecule has 1 aromatic heterocycles. The Hall–Kier alpha value is -1.57. The first kappa shape index (κ1) is 16.6. The number of pyridine rings is 1. The molecule has 1 saturated carbocycles. The van der Waals surface area contributed by atoms with Gasteiger partial charge in [-0.2, -0.15) is 11.8 Å². The third kappa shape index (κ3) is 2.92. The van der Waals surface area contributed by atoms with E-state index in [0.717, 1.165) is 37.4 Å². The molecule has 8 heteroatoms. The quantitative estimate of drug-likeness (QED) is 0.784. The fourth-order valence-corrected chi connectivity index (χ4v) is 4.85. The van der Waals surface area contributed by atoms with Crippen molar-refractivity contribution in [3.8, 4) is 5.88 Å². The van der Waals surface area contributed by atoms with Crippen LogP contribution >= 0.6 is 11.8 Å². The molecule has 3 saturated heterocycles. The summed E-state index contributed by atoms with van der Waals surface area (Å²) in [5.41, 5.74) is 1.23. The second kappa shape index (κ2) is 5.71. The third-order valence-electron chi connectivity index (χ3n) is 5.55. The Kier molecular flexibility index (Phi) is 3.64. The Labute approximate surface area is 155 Å². The molecule has 0 bridgehead atoms. The van der Waals surface area contributed by atoms with Crippen molar-refractivity contribution in [1.29, 1.82) is 0 Å². The zero-order valence-corrected chi connectivity index (χ0v) is 15.2. The Morgan fingerprint density at radius 1 is 1.23 bits per heavy atom. The van der Waals surface area contributed by atoms with Crippen molar-refractivity contribution in [2.24, 2.45) is 11.3 Å². The average Bonchev–Trinajstić information content (AvgIpc) is 3.31. The van der Waals surface area contributed by atoms with Gasteiger partial charge in [-0.3, -0.25) is 4.79 Å². The molecule has 0 aromatic carbocycles. The van der Waals surface area contributed by atoms with Gasteiger partial charge < -0.3 is 14.5 Å². The van der Waals surface area contributed by atoms with Crippen molar-refractivity contribution in [3.05, 3.63) is 17.8 Å². The van der Waals surface area contributed by atoms with Crippen LogP contribution in [0.15, 0.2) is 12.1 Å². The molecule has 1 aromatic rings. The molecule has 0 unspecified atom stereocenters. The summed E-state index contributed by atoms with van der Waals surface area (Å²) in [4.78, 5) is 20.5. The minimum atomic E-state index is -2.66. The molecule has 5 nitrogen and oxygen atoms in total. The number of likely N-dealkylation sites (tertiary alicyclic amines) is 1. The molecule has 5 rings (SSSR count). The van der Waals surface area contributed by atoms with E-state index in [1.54, 1.807) is 17.0 Å². The van der Waals surface area contributed by atoms with Crippen LogP contribution in [0.4, 0.5) is 14.5 Å². The number of aromatic nitrogens is 1. The van der Waals surface area contributed by atoms with E-state index in [0.29, 0.717) is 35.2 Å². The number of amides is 1. The zero-order chi connectivity index (χ0) is 17.9. The van der Waals surface area contributed by atoms with E-state index in [2.05, 4.69) is 4.98 Å². The highest BCUT2D eigenvalue weighted by Crippen LogP contribution is 2.45. The van der Waals surface area contributed by atoms with Gasteiger partial charge in [0.05, 0.1) is 19.7 Å². The van der Waals surface area contributed by atoms with Gasteiger partial charge in [-0.05, 0) is 30.9 Å². The topological polar surface area (TPSA) is 45.7 Å². The number of rotatable bonds is 5. The average molecular weight is 381 g/mol. The van der Waals surface area contributed by atoms with Gasteiger partial charge in [0.15, 0.2) is 0 Å². The van der Waals surface area contributed by atoms with Gasteiger partial charge in [-0.1, -0.05) is 0 Å². The van der Waals surface area contributed by atoms with E-state index in [1.165, 1.54) is 0 Å². The van der Waals surface area contributed by atoms with Crippen LogP contribution < -0.4 is 9.64 Å². The summed E-state index contributed by atoms with van der Waals surface area (Å²) >= 11 is 1.92. The molecule has 0 atom stereocenters. The zero-order valence-electron chi connectivity index (χ0n) is 14.4. The Morgan fingerprint density at radius 2 is 1.96 bits per heavy atom. The molecule has 4 aliphatic rings. The maximum Gasteiger partial charge on any atom is 0.282 e. The van der Waals surface area contributed by atoms with Crippen molar-refractivity contribution < 1.29 is 18.3 Å². The first-order valence-corrected chi connectivity index (χ1v) is 10.2. The molecule has 4 fully saturated rings. The number of anilines is 1. The van der Waals surface area contributed by atoms with Gasteiger partial charge in [-0.25, -0.2) is 13.8 Å². The van der Waals surface area contributed by atoms with Crippen molar-refractivity contribution in [1.82, 2.24) is 9.88 Å². The van der Waals surface area contributed by atoms with Crippen LogP contribution in [0.3, 0.4) is 0 Å². The summed E-state index contributed by atoms with van der Waals surface area (Å²) in [5, 5.41) is 0. The number of thioether (sulfide) groups is 1. The number of carbonyl (C=O) groups is 1. The summed E-state index contributed by atoms with van der Waals surface area (Å²) in [6.07, 6.45) is 2.26. The highest BCUT2D eigenvalue weighted by atomic mass is 32.2. The molecule has 0 radical (unpaired) electrons. The number of alkyl halides is 2. The first-order valence-electron chi connectivity index (χ1n) is 9.07. The largest absolute Gasteiger partial charge is 0.476 e. The molecule has 1 spiro atoms. The number of halogens is 2. The van der Waals surface area contributed by atoms with Gasteiger partial charge in [0.25, 0.3) is 11.8 Å². The highest BCUT2D eigenvalue weighted by molar-refractivity contribution is 8.00. The molecule has 4 heterocycles. The number of hydrogen-bond acceptors (Lipinski definition) is 5. The number of hydrogen-bond donors (Lipinski definition) is 0. The number of carbonyl (C=O) groups excluding carboxylic acids is 1. The summed E-state index contributed by atoms with van der Waals surface area (Å²) < 4.78 is 32.3. The lowest BCUT2D eigenvalue weighted by molar-refractivity contribution is -0.0265. The summed E-state index contributed by atoms with van der Waals surface area (Å²) in [7, 11) is 0. The number of ether oxygens (including phenoxy) is 1. The van der Waals surface area contributed by atoms with Crippen molar-refractivity contribution >= 4 is 23.4 Å². The summed E-state index contributed by atoms with van der Waals surface area (Å²) in [5.74, 6) is 0.337. The Bertz CT molecular complexity index is 736. The Morgan fingerprint density at radius 3 is 2.54 bits per heavy atom. The van der Waals surface area contributed by atoms with Gasteiger partial charge >= 0.3 is 0 Å². The lowest BCUT2D eigenvalue weighted by Crippen LogP contribution is -2.64. The minimum Gasteiger partial charge on any atom is -0.476 e. The third-order valence-corrected chi connectivity index (χ3v) is 7.19. The summed E-state index contributed by atoms with van der Waals surface area (Å²) in [6.45, 7) is 1.46. The highest BCUT2D eigenvalue weighted by Gasteiger charge is 2.50. The van der Waals surface area contributed by atoms with Gasteiger partial charge in [0.1, 0.15) is 11.4 Å². The predicted octanol–water partition coefficient (Wildman–Crippen LogP) is 2.51. The molecule has 3 aliphatic heterocycles. The predicted molar refractivity (Wildman–Crippen MR) is 95.3 cm³/mol. The maximum atomic E-state index is 13.2. The normalized spacial score (nSPS) is 25.3. The lowest BCUT2D eigenvalue weighted by Gasteiger charge is -2.55. The minimum absolute atomic E-state index is 0.0933. The van der Waals surface area contributed by atoms with E-state index in [4.69, 9.17) is 4.74 Å². The van der Waals surface area contributed by atoms with Crippen LogP contribution in [0.25, 0.3) is 0 Å². The molecule has 1 amide bonds. The van der Waals surface area contributed by atoms with Gasteiger partial charge in [0, 0.05) is 30.0 Å². The molecule has 140 valence electrons. The van der Waals surface area contributed by atoms with E-state index in [9.17, 15) is 13.6 Å². The van der Waals surface area contributed by atoms with Gasteiger partial charge in [0.2, 0.25) is 5.88 Å². The standard InChI is InChI=1S/C18H21F2N3O2S/c19-18(20)8-22(9-18)14-4-3-13(21-15(14)25-5-12-1-2-12)16(24)23-6-17(7-23)10-26-11-17/h3-4,12H,1-2,5-11H2. The van der Waals surface area contributed by atoms with E-state index in [-0.39, 0.29) is 19.0 Å². The fraction of sp³-hybridized carbons (Fsp3) is 0.667. The van der Waals surface area contributed by atoms with Crippen molar-refractivity contribution in [2.45, 2.75) is 18.8 Å². The fourth-order valence-electron chi connectivity index (χ4n) is 3.71. The lowest BCUT2D eigenvalue weighted by atomic mass is 9.82. The van der Waals surface area contributed by atoms with Crippen molar-refractivity contribution in [2.75, 3.05) is 49.2 Å². The SMILES string of the molecule is O=C(c1ccc(N2CC(F)(F)C2)c(OCC2CC2)n1)N1CC2(CSC2)C1. The Balaban J connectivity index is 1.33. The number of nitrogens with zero attached hydrogens (tertiary/aromatic N) is 3. The van der Waals surface area contributed by atoms with Crippen LogP contribution in [-0.2, 0) is 0 Å². The molecule has 1 aliphatic carbocycles. The second-order valence-corrected chi connectivity index (χ2v) is 9.13. The first-order chi connectivity index (χ1) is 12.4. The van der Waals surface area contributed by atoms with Crippen LogP contribution in [0.1, 0.15) is 23.3 Å². The van der Waals surface area contributed by atoms with Crippen LogP contribution in [0.2, 0.25) is 0 Å². The smallest absolute Gasteiger partial charge is 0.282 e. The van der Waals surface area contributed by atoms with Crippen LogP contribution in [0.5, 0.6) is 5.88 Å². The van der Waals surface area contributed by atoms with Crippen molar-refractivity contribution in [3.63, 3.8) is 0 Å². The van der Waals surface area contributed by atoms with E-state index >= 15 is 0 Å². The van der Waals surface area contributed by atoms with Gasteiger partial charge in [-0.15, -0.1) is 0 Å². The second-order valence-electron chi connectivity index (χ2n) is 8.14.